The molecule has 4 heterocycles. The lowest BCUT2D eigenvalue weighted by molar-refractivity contribution is 0.199. The fraction of sp³-hybridized carbons (Fsp3) is 0.650. The number of likely N-dealkylation sites (tertiary alicyclic amines) is 1. The Kier molecular flexibility index (Phi) is 5.20. The number of hydrogen-bond donors (Lipinski definition) is 0. The lowest BCUT2D eigenvalue weighted by Crippen LogP contribution is -2.33. The van der Waals surface area contributed by atoms with Crippen molar-refractivity contribution in [1.82, 2.24) is 24.6 Å². The molecule has 0 bridgehead atoms. The van der Waals surface area contributed by atoms with Gasteiger partial charge in [-0.25, -0.2) is 4.98 Å². The average molecular weight is 355 g/mol. The van der Waals surface area contributed by atoms with Crippen LogP contribution in [0.15, 0.2) is 18.3 Å². The molecule has 0 amide bonds. The monoisotopic (exact) mass is 354 g/mol. The molecular weight excluding hydrogens is 324 g/mol. The van der Waals surface area contributed by atoms with E-state index >= 15 is 0 Å². The van der Waals surface area contributed by atoms with Crippen molar-refractivity contribution in [2.75, 3.05) is 32.1 Å². The van der Waals surface area contributed by atoms with E-state index in [1.807, 2.05) is 25.2 Å². The van der Waals surface area contributed by atoms with Crippen LogP contribution >= 0.6 is 0 Å². The summed E-state index contributed by atoms with van der Waals surface area (Å²) in [4.78, 5) is 9.12. The largest absolute Gasteiger partial charge is 0.363 e. The van der Waals surface area contributed by atoms with Gasteiger partial charge >= 0.3 is 0 Å². The first-order valence-corrected chi connectivity index (χ1v) is 9.97. The Hall–Kier alpha value is -1.95. The molecule has 1 saturated heterocycles. The van der Waals surface area contributed by atoms with Crippen LogP contribution in [0.25, 0.3) is 0 Å². The molecule has 0 unspecified atom stereocenters. The van der Waals surface area contributed by atoms with Gasteiger partial charge in [-0.15, -0.1) is 10.2 Å². The second kappa shape index (κ2) is 7.74. The molecular formula is C20H30N6. The molecule has 2 aliphatic rings. The predicted octanol–water partition coefficient (Wildman–Crippen LogP) is 2.85. The van der Waals surface area contributed by atoms with Gasteiger partial charge in [0.05, 0.1) is 0 Å². The summed E-state index contributed by atoms with van der Waals surface area (Å²) in [6.07, 6.45) is 9.33. The van der Waals surface area contributed by atoms with Crippen LogP contribution in [0.3, 0.4) is 0 Å². The first-order chi connectivity index (χ1) is 12.7. The number of pyridine rings is 1. The Morgan fingerprint density at radius 1 is 1.04 bits per heavy atom. The van der Waals surface area contributed by atoms with Gasteiger partial charge in [0, 0.05) is 45.7 Å². The Bertz CT molecular complexity index is 712. The number of anilines is 1. The third-order valence-corrected chi connectivity index (χ3v) is 5.76. The molecule has 6 nitrogen and oxygen atoms in total. The molecule has 2 aliphatic heterocycles. The number of rotatable bonds is 4. The van der Waals surface area contributed by atoms with Gasteiger partial charge in [0.25, 0.3) is 0 Å². The van der Waals surface area contributed by atoms with Gasteiger partial charge in [-0.05, 0) is 50.4 Å². The van der Waals surface area contributed by atoms with Crippen molar-refractivity contribution in [2.45, 2.75) is 57.5 Å². The standard InChI is InChI=1S/C20H30N6/c1-24(2)18-8-7-16(14-21-18)15-25-12-9-17(10-13-25)20-23-22-19-6-4-3-5-11-26(19)20/h7-8,14,17H,3-6,9-13,15H2,1-2H3. The van der Waals surface area contributed by atoms with Crippen LogP contribution in [0.5, 0.6) is 0 Å². The summed E-state index contributed by atoms with van der Waals surface area (Å²) in [6.45, 7) is 4.36. The number of hydrogen-bond acceptors (Lipinski definition) is 5. The van der Waals surface area contributed by atoms with E-state index in [0.29, 0.717) is 5.92 Å². The number of aromatic nitrogens is 4. The van der Waals surface area contributed by atoms with Gasteiger partial charge in [-0.3, -0.25) is 4.90 Å². The molecule has 1 fully saturated rings. The molecule has 0 radical (unpaired) electrons. The Morgan fingerprint density at radius 3 is 2.62 bits per heavy atom. The highest BCUT2D eigenvalue weighted by Crippen LogP contribution is 2.29. The maximum Gasteiger partial charge on any atom is 0.136 e. The van der Waals surface area contributed by atoms with Crippen LogP contribution < -0.4 is 4.90 Å². The van der Waals surface area contributed by atoms with E-state index in [2.05, 4.69) is 36.8 Å². The molecule has 2 aromatic heterocycles. The van der Waals surface area contributed by atoms with Gasteiger partial charge in [-0.1, -0.05) is 12.5 Å². The van der Waals surface area contributed by atoms with Gasteiger partial charge in [0.1, 0.15) is 17.5 Å². The third-order valence-electron chi connectivity index (χ3n) is 5.76. The number of nitrogens with zero attached hydrogens (tertiary/aromatic N) is 6. The molecule has 0 saturated carbocycles. The van der Waals surface area contributed by atoms with Gasteiger partial charge in [0.2, 0.25) is 0 Å². The minimum Gasteiger partial charge on any atom is -0.363 e. The minimum atomic E-state index is 0.569. The molecule has 140 valence electrons. The topological polar surface area (TPSA) is 50.1 Å². The van der Waals surface area contributed by atoms with E-state index in [-0.39, 0.29) is 0 Å². The Balaban J connectivity index is 1.35. The van der Waals surface area contributed by atoms with Crippen molar-refractivity contribution in [3.63, 3.8) is 0 Å². The van der Waals surface area contributed by atoms with Crippen LogP contribution in [0, 0.1) is 0 Å². The molecule has 0 atom stereocenters. The molecule has 0 aromatic carbocycles. The first-order valence-electron chi connectivity index (χ1n) is 9.97. The van der Waals surface area contributed by atoms with Gasteiger partial charge in [0.15, 0.2) is 0 Å². The SMILES string of the molecule is CN(C)c1ccc(CN2CCC(c3nnc4n3CCCCC4)CC2)cn1. The van der Waals surface area contributed by atoms with E-state index in [0.717, 1.165) is 38.4 Å². The first kappa shape index (κ1) is 17.5. The maximum absolute atomic E-state index is 4.58. The number of aryl methyl sites for hydroxylation is 1. The molecule has 26 heavy (non-hydrogen) atoms. The zero-order valence-corrected chi connectivity index (χ0v) is 16.1. The normalized spacial score (nSPS) is 19.2. The fourth-order valence-corrected chi connectivity index (χ4v) is 4.19. The van der Waals surface area contributed by atoms with Crippen LogP contribution in [0.4, 0.5) is 5.82 Å². The van der Waals surface area contributed by atoms with Crippen molar-refractivity contribution in [1.29, 1.82) is 0 Å². The molecule has 6 heteroatoms. The van der Waals surface area contributed by atoms with Crippen LogP contribution in [0.2, 0.25) is 0 Å². The molecule has 0 N–H and O–H groups in total. The van der Waals surface area contributed by atoms with E-state index in [9.17, 15) is 0 Å². The summed E-state index contributed by atoms with van der Waals surface area (Å²) >= 11 is 0. The van der Waals surface area contributed by atoms with Gasteiger partial charge < -0.3 is 9.47 Å². The zero-order chi connectivity index (χ0) is 17.9. The lowest BCUT2D eigenvalue weighted by Gasteiger charge is -2.31. The summed E-state index contributed by atoms with van der Waals surface area (Å²) in [5.74, 6) is 4.05. The van der Waals surface area contributed by atoms with E-state index in [1.54, 1.807) is 0 Å². The quantitative estimate of drug-likeness (QED) is 0.845. The average Bonchev–Trinajstić information content (AvgIpc) is 2.91. The molecule has 2 aromatic rings. The smallest absolute Gasteiger partial charge is 0.136 e. The highest BCUT2D eigenvalue weighted by Gasteiger charge is 2.26. The summed E-state index contributed by atoms with van der Waals surface area (Å²) in [6, 6.07) is 4.31. The second-order valence-corrected chi connectivity index (χ2v) is 7.91. The summed E-state index contributed by atoms with van der Waals surface area (Å²) in [5.41, 5.74) is 1.30. The fourth-order valence-electron chi connectivity index (χ4n) is 4.19. The highest BCUT2D eigenvalue weighted by molar-refractivity contribution is 5.37. The van der Waals surface area contributed by atoms with E-state index in [1.165, 1.54) is 49.3 Å². The zero-order valence-electron chi connectivity index (χ0n) is 16.1. The van der Waals surface area contributed by atoms with Gasteiger partial charge in [-0.2, -0.15) is 0 Å². The predicted molar refractivity (Wildman–Crippen MR) is 103 cm³/mol. The number of fused-ring (bicyclic) bond motifs is 1. The lowest BCUT2D eigenvalue weighted by atomic mass is 9.95. The van der Waals surface area contributed by atoms with Crippen LogP contribution in [-0.4, -0.2) is 51.8 Å². The maximum atomic E-state index is 4.58. The third kappa shape index (κ3) is 3.75. The van der Waals surface area contributed by atoms with Crippen molar-refractivity contribution in [2.24, 2.45) is 0 Å². The summed E-state index contributed by atoms with van der Waals surface area (Å²) in [7, 11) is 4.05. The van der Waals surface area contributed by atoms with Crippen molar-refractivity contribution >= 4 is 5.82 Å². The number of piperidine rings is 1. The summed E-state index contributed by atoms with van der Waals surface area (Å²) < 4.78 is 2.43. The Morgan fingerprint density at radius 2 is 1.88 bits per heavy atom. The van der Waals surface area contributed by atoms with E-state index in [4.69, 9.17) is 0 Å². The van der Waals surface area contributed by atoms with E-state index < -0.39 is 0 Å². The summed E-state index contributed by atoms with van der Waals surface area (Å²) in [5, 5.41) is 9.07. The van der Waals surface area contributed by atoms with Crippen molar-refractivity contribution in [3.05, 3.63) is 35.5 Å². The van der Waals surface area contributed by atoms with Crippen LogP contribution in [-0.2, 0) is 19.5 Å². The molecule has 0 spiro atoms. The van der Waals surface area contributed by atoms with Crippen molar-refractivity contribution < 1.29 is 0 Å². The second-order valence-electron chi connectivity index (χ2n) is 7.91. The molecule has 4 rings (SSSR count). The highest BCUT2D eigenvalue weighted by atomic mass is 15.3. The van der Waals surface area contributed by atoms with Crippen molar-refractivity contribution in [3.8, 4) is 0 Å². The van der Waals surface area contributed by atoms with Crippen LogP contribution in [0.1, 0.15) is 55.2 Å². The molecule has 0 aliphatic carbocycles. The Labute approximate surface area is 156 Å². The minimum absolute atomic E-state index is 0.569.